The molecule has 1 aliphatic heterocycles. The van der Waals surface area contributed by atoms with Gasteiger partial charge in [-0.15, -0.1) is 0 Å². The lowest BCUT2D eigenvalue weighted by Crippen LogP contribution is -2.36. The third kappa shape index (κ3) is 6.76. The molecule has 3 N–H and O–H groups in total. The standard InChI is InChI=1S/C7H18N2O5P2/c10-15(5-6-16(11,12)13)14-7-8-9-3-1-2-4-9/h8,15H,1-7H2,(H2,11,12,13). The highest BCUT2D eigenvalue weighted by Crippen LogP contribution is 2.37. The SMILES string of the molecule is O=[PH](CCP(=O)(O)O)OCNN1CCCC1. The zero-order valence-electron chi connectivity index (χ0n) is 8.96. The highest BCUT2D eigenvalue weighted by molar-refractivity contribution is 7.53. The van der Waals surface area contributed by atoms with Gasteiger partial charge in [0.15, 0.2) is 8.03 Å². The quantitative estimate of drug-likeness (QED) is 0.450. The average Bonchev–Trinajstić information content (AvgIpc) is 2.66. The second-order valence-electron chi connectivity index (χ2n) is 3.65. The van der Waals surface area contributed by atoms with Gasteiger partial charge in [-0.1, -0.05) is 0 Å². The first kappa shape index (κ1) is 14.3. The minimum absolute atomic E-state index is 0.0728. The zero-order valence-corrected chi connectivity index (χ0v) is 10.9. The smallest absolute Gasteiger partial charge is 0.324 e. The van der Waals surface area contributed by atoms with Crippen LogP contribution >= 0.6 is 15.6 Å². The van der Waals surface area contributed by atoms with E-state index in [1.54, 1.807) is 0 Å². The topological polar surface area (TPSA) is 99.1 Å². The van der Waals surface area contributed by atoms with Gasteiger partial charge in [0.2, 0.25) is 0 Å². The van der Waals surface area contributed by atoms with Gasteiger partial charge in [0.1, 0.15) is 6.73 Å². The lowest BCUT2D eigenvalue weighted by molar-refractivity contribution is 0.154. The maximum absolute atomic E-state index is 11.2. The molecule has 1 heterocycles. The largest absolute Gasteiger partial charge is 0.326 e. The van der Waals surface area contributed by atoms with Crippen molar-refractivity contribution in [2.75, 3.05) is 32.1 Å². The molecule has 0 amide bonds. The van der Waals surface area contributed by atoms with E-state index in [1.807, 2.05) is 5.01 Å². The fourth-order valence-corrected chi connectivity index (χ4v) is 3.65. The Morgan fingerprint density at radius 1 is 1.38 bits per heavy atom. The second kappa shape index (κ2) is 6.87. The van der Waals surface area contributed by atoms with Crippen molar-refractivity contribution in [2.24, 2.45) is 0 Å². The van der Waals surface area contributed by atoms with Crippen LogP contribution in [0, 0.1) is 0 Å². The monoisotopic (exact) mass is 272 g/mol. The Labute approximate surface area is 95.2 Å². The van der Waals surface area contributed by atoms with Crippen molar-refractivity contribution >= 4 is 15.6 Å². The maximum atomic E-state index is 11.2. The molecule has 1 saturated heterocycles. The van der Waals surface area contributed by atoms with Crippen LogP contribution in [0.15, 0.2) is 0 Å². The van der Waals surface area contributed by atoms with Crippen molar-refractivity contribution in [2.45, 2.75) is 12.8 Å². The van der Waals surface area contributed by atoms with Crippen LogP contribution in [0.25, 0.3) is 0 Å². The summed E-state index contributed by atoms with van der Waals surface area (Å²) in [4.78, 5) is 17.1. The van der Waals surface area contributed by atoms with E-state index >= 15 is 0 Å². The molecule has 96 valence electrons. The molecule has 1 fully saturated rings. The molecule has 0 bridgehead atoms. The Bertz CT molecular complexity index is 276. The van der Waals surface area contributed by atoms with Gasteiger partial charge in [0, 0.05) is 19.3 Å². The first-order chi connectivity index (χ1) is 7.47. The van der Waals surface area contributed by atoms with E-state index in [-0.39, 0.29) is 19.1 Å². The van der Waals surface area contributed by atoms with E-state index in [2.05, 4.69) is 5.43 Å². The Morgan fingerprint density at radius 3 is 2.56 bits per heavy atom. The van der Waals surface area contributed by atoms with Crippen LogP contribution in [0.1, 0.15) is 12.8 Å². The first-order valence-electron chi connectivity index (χ1n) is 5.16. The van der Waals surface area contributed by atoms with Gasteiger partial charge in [-0.2, -0.15) is 0 Å². The zero-order chi connectivity index (χ0) is 12.0. The van der Waals surface area contributed by atoms with E-state index in [0.29, 0.717) is 0 Å². The Hall–Kier alpha value is 0.260. The summed E-state index contributed by atoms with van der Waals surface area (Å²) >= 11 is 0. The van der Waals surface area contributed by atoms with E-state index in [4.69, 9.17) is 14.3 Å². The van der Waals surface area contributed by atoms with Gasteiger partial charge in [-0.05, 0) is 12.8 Å². The Kier molecular flexibility index (Phi) is 6.15. The summed E-state index contributed by atoms with van der Waals surface area (Å²) in [6.45, 7) is 2.04. The number of hydrazine groups is 1. The first-order valence-corrected chi connectivity index (χ1v) is 8.48. The van der Waals surface area contributed by atoms with Crippen molar-refractivity contribution in [1.29, 1.82) is 0 Å². The van der Waals surface area contributed by atoms with Gasteiger partial charge in [0.25, 0.3) is 0 Å². The molecule has 1 unspecified atom stereocenters. The van der Waals surface area contributed by atoms with Crippen LogP contribution in [0.3, 0.4) is 0 Å². The highest BCUT2D eigenvalue weighted by atomic mass is 31.2. The molecule has 7 nitrogen and oxygen atoms in total. The summed E-state index contributed by atoms with van der Waals surface area (Å²) in [6.07, 6.45) is 1.83. The number of nitrogens with zero attached hydrogens (tertiary/aromatic N) is 1. The lowest BCUT2D eigenvalue weighted by atomic mass is 10.4. The Morgan fingerprint density at radius 2 is 2.00 bits per heavy atom. The molecular weight excluding hydrogens is 254 g/mol. The molecular formula is C7H18N2O5P2. The van der Waals surface area contributed by atoms with Crippen LogP contribution in [-0.2, 0) is 13.7 Å². The van der Waals surface area contributed by atoms with Crippen molar-refractivity contribution in [3.8, 4) is 0 Å². The van der Waals surface area contributed by atoms with Crippen molar-refractivity contribution in [1.82, 2.24) is 10.4 Å². The third-order valence-corrected chi connectivity index (χ3v) is 4.59. The summed E-state index contributed by atoms with van der Waals surface area (Å²) in [5, 5.41) is 1.98. The van der Waals surface area contributed by atoms with Gasteiger partial charge >= 0.3 is 7.60 Å². The summed E-state index contributed by atoms with van der Waals surface area (Å²) in [5.74, 6) is 0. The number of rotatable bonds is 7. The molecule has 0 aromatic rings. The van der Waals surface area contributed by atoms with Gasteiger partial charge in [0.05, 0.1) is 6.16 Å². The fraction of sp³-hybridized carbons (Fsp3) is 1.00. The maximum Gasteiger partial charge on any atom is 0.326 e. The van der Waals surface area contributed by atoms with Crippen LogP contribution < -0.4 is 5.43 Å². The summed E-state index contributed by atoms with van der Waals surface area (Å²) in [7, 11) is -6.40. The molecule has 0 radical (unpaired) electrons. The predicted octanol–water partition coefficient (Wildman–Crippen LogP) is 0.213. The molecule has 0 aliphatic carbocycles. The molecule has 1 aliphatic rings. The van der Waals surface area contributed by atoms with E-state index in [9.17, 15) is 9.13 Å². The molecule has 16 heavy (non-hydrogen) atoms. The number of hydrogen-bond donors (Lipinski definition) is 3. The van der Waals surface area contributed by atoms with E-state index < -0.39 is 15.6 Å². The Balaban J connectivity index is 2.03. The average molecular weight is 272 g/mol. The molecule has 1 atom stereocenters. The normalized spacial score (nSPS) is 20.1. The second-order valence-corrected chi connectivity index (χ2v) is 6.96. The minimum Gasteiger partial charge on any atom is -0.324 e. The van der Waals surface area contributed by atoms with Gasteiger partial charge in [-0.3, -0.25) is 9.13 Å². The molecule has 0 spiro atoms. The van der Waals surface area contributed by atoms with Crippen LogP contribution in [-0.4, -0.2) is 46.9 Å². The number of nitrogens with one attached hydrogen (secondary N) is 1. The molecule has 0 saturated carbocycles. The van der Waals surface area contributed by atoms with E-state index in [1.165, 1.54) is 0 Å². The van der Waals surface area contributed by atoms with Crippen LogP contribution in [0.2, 0.25) is 0 Å². The van der Waals surface area contributed by atoms with E-state index in [0.717, 1.165) is 25.9 Å². The summed E-state index contributed by atoms with van der Waals surface area (Å²) in [6, 6.07) is 0. The summed E-state index contributed by atoms with van der Waals surface area (Å²) < 4.78 is 26.7. The predicted molar refractivity (Wildman–Crippen MR) is 60.7 cm³/mol. The van der Waals surface area contributed by atoms with Gasteiger partial charge < -0.3 is 14.3 Å². The molecule has 0 aromatic carbocycles. The molecule has 9 heteroatoms. The molecule has 1 rings (SSSR count). The minimum atomic E-state index is -4.06. The third-order valence-electron chi connectivity index (χ3n) is 2.23. The van der Waals surface area contributed by atoms with Crippen LogP contribution in [0.4, 0.5) is 0 Å². The van der Waals surface area contributed by atoms with Crippen LogP contribution in [0.5, 0.6) is 0 Å². The van der Waals surface area contributed by atoms with Crippen molar-refractivity contribution in [3.63, 3.8) is 0 Å². The lowest BCUT2D eigenvalue weighted by Gasteiger charge is -2.16. The number of hydrogen-bond acceptors (Lipinski definition) is 5. The van der Waals surface area contributed by atoms with Gasteiger partial charge in [-0.25, -0.2) is 10.4 Å². The van der Waals surface area contributed by atoms with Crippen molar-refractivity contribution in [3.05, 3.63) is 0 Å². The fourth-order valence-electron chi connectivity index (χ4n) is 1.39. The van der Waals surface area contributed by atoms with Crippen molar-refractivity contribution < 1.29 is 23.4 Å². The molecule has 0 aromatic heterocycles. The highest BCUT2D eigenvalue weighted by Gasteiger charge is 2.15. The summed E-state index contributed by atoms with van der Waals surface area (Å²) in [5.41, 5.74) is 2.95.